The lowest BCUT2D eigenvalue weighted by molar-refractivity contribution is -0.127. The lowest BCUT2D eigenvalue weighted by Crippen LogP contribution is -2.47. The zero-order chi connectivity index (χ0) is 13.7. The van der Waals surface area contributed by atoms with Crippen molar-refractivity contribution >= 4 is 12.0 Å². The van der Waals surface area contributed by atoms with Gasteiger partial charge in [-0.3, -0.25) is 9.69 Å². The molecule has 3 heteroatoms. The third kappa shape index (κ3) is 3.55. The number of amides is 1. The molecule has 2 rings (SSSR count). The normalized spacial score (nSPS) is 16.1. The predicted octanol–water partition coefficient (Wildman–Crippen LogP) is 2.16. The van der Waals surface area contributed by atoms with Gasteiger partial charge in [-0.15, -0.1) is 0 Å². The lowest BCUT2D eigenvalue weighted by Gasteiger charge is -2.34. The fourth-order valence-corrected chi connectivity index (χ4v) is 2.27. The maximum Gasteiger partial charge on any atom is 0.246 e. The second-order valence-corrected chi connectivity index (χ2v) is 4.75. The summed E-state index contributed by atoms with van der Waals surface area (Å²) in [5.41, 5.74) is 2.44. The van der Waals surface area contributed by atoms with E-state index in [0.717, 1.165) is 38.3 Å². The Hall–Kier alpha value is -1.87. The molecule has 0 spiro atoms. The molecule has 0 bridgehead atoms. The molecule has 1 aromatic rings. The summed E-state index contributed by atoms with van der Waals surface area (Å²) in [5, 5.41) is 0. The summed E-state index contributed by atoms with van der Waals surface area (Å²) in [6.07, 6.45) is 3.24. The van der Waals surface area contributed by atoms with Crippen molar-refractivity contribution in [2.45, 2.75) is 6.54 Å². The van der Waals surface area contributed by atoms with Gasteiger partial charge in [0.2, 0.25) is 5.91 Å². The molecule has 1 aliphatic heterocycles. The third-order valence-electron chi connectivity index (χ3n) is 3.48. The molecule has 0 radical (unpaired) electrons. The molecule has 3 nitrogen and oxygen atoms in total. The second kappa shape index (κ2) is 6.34. The standard InChI is InChI=1S/C16H20N2O/c1-3-14-5-7-15(8-6-14)13-17-9-11-18(12-10-17)16(19)4-2/h3-8H,1-2,9-13H2. The first-order chi connectivity index (χ1) is 9.22. The minimum absolute atomic E-state index is 0.0370. The zero-order valence-corrected chi connectivity index (χ0v) is 11.2. The highest BCUT2D eigenvalue weighted by atomic mass is 16.2. The number of hydrogen-bond acceptors (Lipinski definition) is 2. The average molecular weight is 256 g/mol. The Morgan fingerprint density at radius 2 is 1.74 bits per heavy atom. The summed E-state index contributed by atoms with van der Waals surface area (Å²) in [6, 6.07) is 8.44. The molecule has 0 atom stereocenters. The van der Waals surface area contributed by atoms with E-state index >= 15 is 0 Å². The minimum Gasteiger partial charge on any atom is -0.337 e. The minimum atomic E-state index is 0.0370. The largest absolute Gasteiger partial charge is 0.337 e. The van der Waals surface area contributed by atoms with Crippen LogP contribution in [0, 0.1) is 0 Å². The molecular formula is C16H20N2O. The highest BCUT2D eigenvalue weighted by Crippen LogP contribution is 2.11. The summed E-state index contributed by atoms with van der Waals surface area (Å²) in [6.45, 7) is 11.6. The summed E-state index contributed by atoms with van der Waals surface area (Å²) < 4.78 is 0. The number of nitrogens with zero attached hydrogens (tertiary/aromatic N) is 2. The molecule has 0 N–H and O–H groups in total. The third-order valence-corrected chi connectivity index (χ3v) is 3.48. The fourth-order valence-electron chi connectivity index (χ4n) is 2.27. The molecule has 19 heavy (non-hydrogen) atoms. The van der Waals surface area contributed by atoms with Crippen LogP contribution in [0.2, 0.25) is 0 Å². The van der Waals surface area contributed by atoms with Crippen LogP contribution < -0.4 is 0 Å². The van der Waals surface area contributed by atoms with Gasteiger partial charge in [0.15, 0.2) is 0 Å². The van der Waals surface area contributed by atoms with Crippen LogP contribution in [0.15, 0.2) is 43.5 Å². The first-order valence-corrected chi connectivity index (χ1v) is 6.58. The summed E-state index contributed by atoms with van der Waals surface area (Å²) in [7, 11) is 0. The van der Waals surface area contributed by atoms with E-state index in [9.17, 15) is 4.79 Å². The Balaban J connectivity index is 1.86. The zero-order valence-electron chi connectivity index (χ0n) is 11.2. The average Bonchev–Trinajstić information content (AvgIpc) is 2.48. The summed E-state index contributed by atoms with van der Waals surface area (Å²) >= 11 is 0. The monoisotopic (exact) mass is 256 g/mol. The van der Waals surface area contributed by atoms with Crippen LogP contribution in [0.25, 0.3) is 6.08 Å². The molecule has 1 amide bonds. The molecule has 0 aromatic heterocycles. The maximum absolute atomic E-state index is 11.5. The number of benzene rings is 1. The van der Waals surface area contributed by atoms with Crippen molar-refractivity contribution < 1.29 is 4.79 Å². The van der Waals surface area contributed by atoms with Crippen LogP contribution in [-0.2, 0) is 11.3 Å². The van der Waals surface area contributed by atoms with Gasteiger partial charge in [0.05, 0.1) is 0 Å². The smallest absolute Gasteiger partial charge is 0.246 e. The van der Waals surface area contributed by atoms with E-state index < -0.39 is 0 Å². The van der Waals surface area contributed by atoms with E-state index in [4.69, 9.17) is 0 Å². The van der Waals surface area contributed by atoms with E-state index in [0.29, 0.717) is 0 Å². The van der Waals surface area contributed by atoms with Crippen molar-refractivity contribution in [3.63, 3.8) is 0 Å². The maximum atomic E-state index is 11.5. The van der Waals surface area contributed by atoms with Crippen molar-refractivity contribution in [3.05, 3.63) is 54.6 Å². The quantitative estimate of drug-likeness (QED) is 0.771. The molecule has 0 aliphatic carbocycles. The predicted molar refractivity (Wildman–Crippen MR) is 78.6 cm³/mol. The topological polar surface area (TPSA) is 23.6 Å². The van der Waals surface area contributed by atoms with E-state index in [1.807, 2.05) is 11.0 Å². The van der Waals surface area contributed by atoms with Crippen LogP contribution in [0.3, 0.4) is 0 Å². The van der Waals surface area contributed by atoms with Gasteiger partial charge in [0.25, 0.3) is 0 Å². The molecule has 1 heterocycles. The number of carbonyl (C=O) groups is 1. The van der Waals surface area contributed by atoms with Crippen molar-refractivity contribution in [2.24, 2.45) is 0 Å². The second-order valence-electron chi connectivity index (χ2n) is 4.75. The Bertz CT molecular complexity index is 456. The Kier molecular flexibility index (Phi) is 4.53. The van der Waals surface area contributed by atoms with Crippen LogP contribution in [0.4, 0.5) is 0 Å². The molecule has 0 unspecified atom stereocenters. The van der Waals surface area contributed by atoms with Gasteiger partial charge in [-0.05, 0) is 17.2 Å². The van der Waals surface area contributed by atoms with E-state index in [1.165, 1.54) is 11.6 Å². The molecule has 1 aliphatic rings. The van der Waals surface area contributed by atoms with E-state index in [-0.39, 0.29) is 5.91 Å². The van der Waals surface area contributed by atoms with Gasteiger partial charge in [0.1, 0.15) is 0 Å². The molecule has 1 saturated heterocycles. The first kappa shape index (κ1) is 13.6. The van der Waals surface area contributed by atoms with Crippen molar-refractivity contribution in [1.82, 2.24) is 9.80 Å². The van der Waals surface area contributed by atoms with Crippen molar-refractivity contribution in [1.29, 1.82) is 0 Å². The number of rotatable bonds is 4. The highest BCUT2D eigenvalue weighted by molar-refractivity contribution is 5.87. The van der Waals surface area contributed by atoms with E-state index in [1.54, 1.807) is 0 Å². The van der Waals surface area contributed by atoms with Crippen LogP contribution in [0.1, 0.15) is 11.1 Å². The number of hydrogen-bond donors (Lipinski definition) is 0. The SMILES string of the molecule is C=CC(=O)N1CCN(Cc2ccc(C=C)cc2)CC1. The van der Waals surface area contributed by atoms with Gasteiger partial charge in [-0.1, -0.05) is 43.5 Å². The van der Waals surface area contributed by atoms with Crippen LogP contribution >= 0.6 is 0 Å². The summed E-state index contributed by atoms with van der Waals surface area (Å²) in [5.74, 6) is 0.0370. The van der Waals surface area contributed by atoms with Gasteiger partial charge in [-0.25, -0.2) is 0 Å². The fraction of sp³-hybridized carbons (Fsp3) is 0.312. The first-order valence-electron chi connectivity index (χ1n) is 6.58. The number of piperazine rings is 1. The van der Waals surface area contributed by atoms with E-state index in [2.05, 4.69) is 42.3 Å². The van der Waals surface area contributed by atoms with Gasteiger partial charge in [-0.2, -0.15) is 0 Å². The highest BCUT2D eigenvalue weighted by Gasteiger charge is 2.19. The van der Waals surface area contributed by atoms with Gasteiger partial charge >= 0.3 is 0 Å². The lowest BCUT2D eigenvalue weighted by atomic mass is 10.1. The van der Waals surface area contributed by atoms with Crippen molar-refractivity contribution in [3.8, 4) is 0 Å². The van der Waals surface area contributed by atoms with Crippen LogP contribution in [-0.4, -0.2) is 41.9 Å². The molecule has 0 saturated carbocycles. The van der Waals surface area contributed by atoms with Crippen molar-refractivity contribution in [2.75, 3.05) is 26.2 Å². The Morgan fingerprint density at radius 3 is 2.26 bits per heavy atom. The molecule has 100 valence electrons. The van der Waals surface area contributed by atoms with Gasteiger partial charge in [0, 0.05) is 32.7 Å². The Labute approximate surface area is 114 Å². The molecular weight excluding hydrogens is 236 g/mol. The Morgan fingerprint density at radius 1 is 1.11 bits per heavy atom. The van der Waals surface area contributed by atoms with Crippen LogP contribution in [0.5, 0.6) is 0 Å². The number of carbonyl (C=O) groups excluding carboxylic acids is 1. The van der Waals surface area contributed by atoms with Gasteiger partial charge < -0.3 is 4.90 Å². The summed E-state index contributed by atoms with van der Waals surface area (Å²) in [4.78, 5) is 15.7. The molecule has 1 aromatic carbocycles. The molecule has 1 fully saturated rings.